The molecule has 0 amide bonds. The molecule has 118 valence electrons. The quantitative estimate of drug-likeness (QED) is 0.642. The Morgan fingerprint density at radius 2 is 2.04 bits per heavy atom. The Labute approximate surface area is 140 Å². The summed E-state index contributed by atoms with van der Waals surface area (Å²) < 4.78 is 5.19. The number of carbonyl (C=O) groups is 1. The molecule has 0 aliphatic rings. The molecule has 2 aromatic carbocycles. The molecule has 0 aliphatic carbocycles. The first kappa shape index (κ1) is 16.9. The standard InChI is InChI=1S/C18H18N2O2S/c1-13(21)22-12-18(15-4-3-5-17(10-15)23-2)20-16-8-6-14(11-19)7-9-16/h3-10,18,20H,12H2,1-2H3. The fourth-order valence-corrected chi connectivity index (χ4v) is 2.59. The maximum absolute atomic E-state index is 11.1. The fourth-order valence-electron chi connectivity index (χ4n) is 2.12. The van der Waals surface area contributed by atoms with E-state index in [0.717, 1.165) is 16.1 Å². The van der Waals surface area contributed by atoms with E-state index >= 15 is 0 Å². The van der Waals surface area contributed by atoms with E-state index in [-0.39, 0.29) is 18.6 Å². The summed E-state index contributed by atoms with van der Waals surface area (Å²) in [6, 6.07) is 17.2. The van der Waals surface area contributed by atoms with Crippen LogP contribution in [0.2, 0.25) is 0 Å². The van der Waals surface area contributed by atoms with Crippen LogP contribution in [0.4, 0.5) is 5.69 Å². The second kappa shape index (κ2) is 8.25. The highest BCUT2D eigenvalue weighted by Crippen LogP contribution is 2.24. The Balaban J connectivity index is 2.21. The Bertz CT molecular complexity index is 708. The van der Waals surface area contributed by atoms with E-state index in [1.165, 1.54) is 6.92 Å². The molecular weight excluding hydrogens is 308 g/mol. The number of nitrogens with zero attached hydrogens (tertiary/aromatic N) is 1. The summed E-state index contributed by atoms with van der Waals surface area (Å²) in [5.41, 5.74) is 2.52. The largest absolute Gasteiger partial charge is 0.463 e. The molecule has 2 aromatic rings. The predicted molar refractivity (Wildman–Crippen MR) is 92.4 cm³/mol. The van der Waals surface area contributed by atoms with Crippen LogP contribution < -0.4 is 5.32 Å². The summed E-state index contributed by atoms with van der Waals surface area (Å²) in [6.07, 6.45) is 2.02. The van der Waals surface area contributed by atoms with Crippen LogP contribution in [0.25, 0.3) is 0 Å². The molecule has 1 atom stereocenters. The van der Waals surface area contributed by atoms with Crippen molar-refractivity contribution in [1.29, 1.82) is 5.26 Å². The van der Waals surface area contributed by atoms with Crippen molar-refractivity contribution in [2.24, 2.45) is 0 Å². The van der Waals surface area contributed by atoms with Crippen molar-refractivity contribution < 1.29 is 9.53 Å². The summed E-state index contributed by atoms with van der Waals surface area (Å²) in [5, 5.41) is 12.2. The Morgan fingerprint density at radius 3 is 2.65 bits per heavy atom. The molecule has 23 heavy (non-hydrogen) atoms. The number of thioether (sulfide) groups is 1. The molecule has 0 saturated heterocycles. The van der Waals surface area contributed by atoms with Crippen molar-refractivity contribution in [1.82, 2.24) is 0 Å². The van der Waals surface area contributed by atoms with Gasteiger partial charge in [0.1, 0.15) is 6.61 Å². The third-order valence-corrected chi connectivity index (χ3v) is 4.03. The molecule has 0 heterocycles. The number of ether oxygens (including phenoxy) is 1. The van der Waals surface area contributed by atoms with Crippen LogP contribution in [0, 0.1) is 11.3 Å². The predicted octanol–water partition coefficient (Wildman–Crippen LogP) is 4.00. The molecule has 0 aliphatic heterocycles. The number of nitrogens with one attached hydrogen (secondary N) is 1. The number of esters is 1. The SMILES string of the molecule is CSc1cccc(C(COC(C)=O)Nc2ccc(C#N)cc2)c1. The first-order valence-electron chi connectivity index (χ1n) is 7.16. The summed E-state index contributed by atoms with van der Waals surface area (Å²) in [4.78, 5) is 12.3. The molecule has 0 fully saturated rings. The maximum atomic E-state index is 11.1. The maximum Gasteiger partial charge on any atom is 0.302 e. The molecule has 1 unspecified atom stereocenters. The molecular formula is C18H18N2O2S. The second-order valence-electron chi connectivity index (χ2n) is 4.97. The highest BCUT2D eigenvalue weighted by atomic mass is 32.2. The highest BCUT2D eigenvalue weighted by molar-refractivity contribution is 7.98. The highest BCUT2D eigenvalue weighted by Gasteiger charge is 2.14. The molecule has 0 bridgehead atoms. The fraction of sp³-hybridized carbons (Fsp3) is 0.222. The zero-order valence-electron chi connectivity index (χ0n) is 13.1. The number of hydrogen-bond donors (Lipinski definition) is 1. The minimum Gasteiger partial charge on any atom is -0.463 e. The van der Waals surface area contributed by atoms with Crippen molar-refractivity contribution in [3.8, 4) is 6.07 Å². The van der Waals surface area contributed by atoms with Crippen molar-refractivity contribution in [3.63, 3.8) is 0 Å². The lowest BCUT2D eigenvalue weighted by Crippen LogP contribution is -2.18. The second-order valence-corrected chi connectivity index (χ2v) is 5.84. The number of anilines is 1. The lowest BCUT2D eigenvalue weighted by atomic mass is 10.1. The summed E-state index contributed by atoms with van der Waals surface area (Å²) >= 11 is 1.66. The molecule has 1 N–H and O–H groups in total. The normalized spacial score (nSPS) is 11.3. The number of benzene rings is 2. The van der Waals surface area contributed by atoms with E-state index in [0.29, 0.717) is 5.56 Å². The van der Waals surface area contributed by atoms with Gasteiger partial charge in [0, 0.05) is 17.5 Å². The zero-order chi connectivity index (χ0) is 16.7. The van der Waals surface area contributed by atoms with Crippen LogP contribution >= 0.6 is 11.8 Å². The van der Waals surface area contributed by atoms with Gasteiger partial charge in [0.15, 0.2) is 0 Å². The van der Waals surface area contributed by atoms with Crippen LogP contribution in [0.15, 0.2) is 53.4 Å². The van der Waals surface area contributed by atoms with Crippen LogP contribution in [0.3, 0.4) is 0 Å². The summed E-state index contributed by atoms with van der Waals surface area (Å²) in [5.74, 6) is -0.308. The van der Waals surface area contributed by atoms with Gasteiger partial charge >= 0.3 is 5.97 Å². The average Bonchev–Trinajstić information content (AvgIpc) is 2.59. The summed E-state index contributed by atoms with van der Waals surface area (Å²) in [6.45, 7) is 1.64. The van der Waals surface area contributed by atoms with E-state index in [9.17, 15) is 4.79 Å². The molecule has 0 radical (unpaired) electrons. The van der Waals surface area contributed by atoms with E-state index in [1.54, 1.807) is 23.9 Å². The van der Waals surface area contributed by atoms with Crippen LogP contribution in [-0.2, 0) is 9.53 Å². The molecule has 0 aromatic heterocycles. The number of carbonyl (C=O) groups excluding carboxylic acids is 1. The van der Waals surface area contributed by atoms with Gasteiger partial charge in [-0.3, -0.25) is 4.79 Å². The van der Waals surface area contributed by atoms with Gasteiger partial charge in [0.25, 0.3) is 0 Å². The summed E-state index contributed by atoms with van der Waals surface area (Å²) in [7, 11) is 0. The van der Waals surface area contributed by atoms with Crippen molar-refractivity contribution >= 4 is 23.4 Å². The van der Waals surface area contributed by atoms with Crippen LogP contribution in [-0.4, -0.2) is 18.8 Å². The Hall–Kier alpha value is -2.45. The third kappa shape index (κ3) is 5.04. The van der Waals surface area contributed by atoms with Gasteiger partial charge in [0.2, 0.25) is 0 Å². The van der Waals surface area contributed by atoms with E-state index in [2.05, 4.69) is 17.5 Å². The number of nitriles is 1. The first-order valence-corrected chi connectivity index (χ1v) is 8.39. The first-order chi connectivity index (χ1) is 11.1. The zero-order valence-corrected chi connectivity index (χ0v) is 13.9. The van der Waals surface area contributed by atoms with E-state index in [1.807, 2.05) is 36.6 Å². The lowest BCUT2D eigenvalue weighted by Gasteiger charge is -2.20. The number of rotatable bonds is 6. The van der Waals surface area contributed by atoms with Gasteiger partial charge in [-0.1, -0.05) is 12.1 Å². The van der Waals surface area contributed by atoms with Crippen LogP contribution in [0.1, 0.15) is 24.1 Å². The lowest BCUT2D eigenvalue weighted by molar-refractivity contribution is -0.141. The average molecular weight is 326 g/mol. The van der Waals surface area contributed by atoms with Crippen molar-refractivity contribution in [2.45, 2.75) is 17.9 Å². The minimum absolute atomic E-state index is 0.154. The molecule has 4 nitrogen and oxygen atoms in total. The van der Waals surface area contributed by atoms with Gasteiger partial charge in [-0.2, -0.15) is 5.26 Å². The van der Waals surface area contributed by atoms with Crippen LogP contribution in [0.5, 0.6) is 0 Å². The topological polar surface area (TPSA) is 62.1 Å². The number of hydrogen-bond acceptors (Lipinski definition) is 5. The van der Waals surface area contributed by atoms with Crippen molar-refractivity contribution in [2.75, 3.05) is 18.2 Å². The Kier molecular flexibility index (Phi) is 6.07. The monoisotopic (exact) mass is 326 g/mol. The Morgan fingerprint density at radius 1 is 1.30 bits per heavy atom. The molecule has 0 spiro atoms. The molecule has 0 saturated carbocycles. The molecule has 2 rings (SSSR count). The van der Waals surface area contributed by atoms with Gasteiger partial charge in [-0.05, 0) is 48.2 Å². The molecule has 5 heteroatoms. The van der Waals surface area contributed by atoms with Gasteiger partial charge in [-0.15, -0.1) is 11.8 Å². The van der Waals surface area contributed by atoms with Gasteiger partial charge in [0.05, 0.1) is 17.7 Å². The van der Waals surface area contributed by atoms with Gasteiger partial charge < -0.3 is 10.1 Å². The smallest absolute Gasteiger partial charge is 0.302 e. The third-order valence-electron chi connectivity index (χ3n) is 3.30. The minimum atomic E-state index is -0.308. The van der Waals surface area contributed by atoms with Crippen molar-refractivity contribution in [3.05, 3.63) is 59.7 Å². The van der Waals surface area contributed by atoms with E-state index in [4.69, 9.17) is 10.00 Å². The van der Waals surface area contributed by atoms with Gasteiger partial charge in [-0.25, -0.2) is 0 Å². The van der Waals surface area contributed by atoms with E-state index < -0.39 is 0 Å².